The molecule has 0 bridgehead atoms. The zero-order chi connectivity index (χ0) is 24.9. The van der Waals surface area contributed by atoms with E-state index in [-0.39, 0.29) is 5.75 Å². The molecular weight excluding hydrogens is 454 g/mol. The van der Waals surface area contributed by atoms with Crippen LogP contribution in [0.2, 0.25) is 0 Å². The lowest BCUT2D eigenvalue weighted by Gasteiger charge is -2.11. The largest absolute Gasteiger partial charge is 0.504 e. The maximum absolute atomic E-state index is 10.0. The second-order valence-corrected chi connectivity index (χ2v) is 8.04. The lowest BCUT2D eigenvalue weighted by molar-refractivity contribution is 0.284. The number of benzene rings is 3. The van der Waals surface area contributed by atoms with Crippen LogP contribution in [0.1, 0.15) is 11.1 Å². The molecule has 3 aromatic carbocycles. The van der Waals surface area contributed by atoms with E-state index in [1.807, 2.05) is 77.3 Å². The number of pyridine rings is 1. The van der Waals surface area contributed by atoms with Crippen molar-refractivity contribution in [2.75, 3.05) is 14.2 Å². The molecule has 5 rings (SSSR count). The fraction of sp³-hybridized carbons (Fsp3) is 0.103. The van der Waals surface area contributed by atoms with Gasteiger partial charge in [-0.3, -0.25) is 4.40 Å². The standard InChI is InChI=1S/C29H25N3O4/c1-34-25-17-22(12-13-23(25)33)28-29(32-15-7-6-10-27(32)31-28)30-18-21-11-14-24(26(16-21)35-2)36-19-20-8-4-3-5-9-20/h3-18,33H,19H2,1-2H3. The number of methoxy groups -OCH3 is 2. The predicted octanol–water partition coefficient (Wildman–Crippen LogP) is 6.05. The summed E-state index contributed by atoms with van der Waals surface area (Å²) >= 11 is 0. The van der Waals surface area contributed by atoms with Gasteiger partial charge in [0.1, 0.15) is 17.9 Å². The van der Waals surface area contributed by atoms with Crippen molar-refractivity contribution in [1.29, 1.82) is 0 Å². The monoisotopic (exact) mass is 479 g/mol. The highest BCUT2D eigenvalue weighted by Gasteiger charge is 2.15. The Balaban J connectivity index is 1.47. The van der Waals surface area contributed by atoms with Crippen molar-refractivity contribution in [3.05, 3.63) is 102 Å². The highest BCUT2D eigenvalue weighted by atomic mass is 16.5. The number of ether oxygens (including phenoxy) is 3. The molecule has 0 saturated heterocycles. The van der Waals surface area contributed by atoms with Gasteiger partial charge in [0.15, 0.2) is 28.8 Å². The smallest absolute Gasteiger partial charge is 0.165 e. The Bertz CT molecular complexity index is 1530. The minimum atomic E-state index is 0.0664. The van der Waals surface area contributed by atoms with Crippen molar-refractivity contribution >= 4 is 17.7 Å². The van der Waals surface area contributed by atoms with Crippen molar-refractivity contribution in [2.24, 2.45) is 4.99 Å². The van der Waals surface area contributed by atoms with E-state index in [1.165, 1.54) is 7.11 Å². The third-order valence-electron chi connectivity index (χ3n) is 5.72. The molecule has 0 saturated carbocycles. The molecule has 36 heavy (non-hydrogen) atoms. The number of phenols is 1. The third-order valence-corrected chi connectivity index (χ3v) is 5.72. The summed E-state index contributed by atoms with van der Waals surface area (Å²) in [6.07, 6.45) is 3.68. The van der Waals surface area contributed by atoms with E-state index in [0.29, 0.717) is 35.4 Å². The van der Waals surface area contributed by atoms with E-state index < -0.39 is 0 Å². The Morgan fingerprint density at radius 3 is 2.47 bits per heavy atom. The summed E-state index contributed by atoms with van der Waals surface area (Å²) in [5.41, 5.74) is 4.14. The number of phenolic OH excluding ortho intramolecular Hbond substituents is 1. The van der Waals surface area contributed by atoms with E-state index in [2.05, 4.69) is 0 Å². The fourth-order valence-corrected chi connectivity index (χ4v) is 3.88. The number of imidazole rings is 1. The Kier molecular flexibility index (Phi) is 6.53. The first-order chi connectivity index (χ1) is 17.7. The molecule has 180 valence electrons. The number of rotatable bonds is 8. The van der Waals surface area contributed by atoms with Crippen molar-refractivity contribution in [3.8, 4) is 34.3 Å². The molecule has 7 heteroatoms. The van der Waals surface area contributed by atoms with Gasteiger partial charge < -0.3 is 19.3 Å². The number of aromatic hydroxyl groups is 1. The summed E-state index contributed by atoms with van der Waals surface area (Å²) in [7, 11) is 3.13. The molecule has 5 aromatic rings. The van der Waals surface area contributed by atoms with Crippen LogP contribution in [-0.2, 0) is 6.61 Å². The van der Waals surface area contributed by atoms with Crippen LogP contribution in [0.5, 0.6) is 23.0 Å². The van der Waals surface area contributed by atoms with Crippen molar-refractivity contribution in [1.82, 2.24) is 9.38 Å². The Labute approximate surface area is 208 Å². The lowest BCUT2D eigenvalue weighted by atomic mass is 10.1. The molecule has 0 radical (unpaired) electrons. The summed E-state index contributed by atoms with van der Waals surface area (Å²) in [4.78, 5) is 9.56. The first kappa shape index (κ1) is 23.0. The first-order valence-corrected chi connectivity index (χ1v) is 11.4. The number of hydrogen-bond acceptors (Lipinski definition) is 6. The molecule has 1 N–H and O–H groups in total. The Morgan fingerprint density at radius 1 is 0.861 bits per heavy atom. The predicted molar refractivity (Wildman–Crippen MR) is 140 cm³/mol. The minimum absolute atomic E-state index is 0.0664. The maximum atomic E-state index is 10.0. The van der Waals surface area contributed by atoms with E-state index in [9.17, 15) is 5.11 Å². The highest BCUT2D eigenvalue weighted by molar-refractivity contribution is 5.86. The van der Waals surface area contributed by atoms with E-state index in [1.54, 1.807) is 31.5 Å². The molecule has 0 spiro atoms. The fourth-order valence-electron chi connectivity index (χ4n) is 3.88. The summed E-state index contributed by atoms with van der Waals surface area (Å²) in [5, 5.41) is 10.0. The lowest BCUT2D eigenvalue weighted by Crippen LogP contribution is -1.98. The van der Waals surface area contributed by atoms with Gasteiger partial charge >= 0.3 is 0 Å². The molecule has 0 fully saturated rings. The topological polar surface area (TPSA) is 77.6 Å². The summed E-state index contributed by atoms with van der Waals surface area (Å²) in [6.45, 7) is 0.450. The molecule has 0 amide bonds. The molecule has 0 aliphatic heterocycles. The van der Waals surface area contributed by atoms with Gasteiger partial charge in [-0.2, -0.15) is 0 Å². The average Bonchev–Trinajstić information content (AvgIpc) is 3.30. The second-order valence-electron chi connectivity index (χ2n) is 8.04. The molecular formula is C29H25N3O4. The van der Waals surface area contributed by atoms with Crippen LogP contribution in [0.15, 0.2) is 96.1 Å². The summed E-state index contributed by atoms with van der Waals surface area (Å²) in [6, 6.07) is 26.6. The second kappa shape index (κ2) is 10.2. The normalized spacial score (nSPS) is 11.2. The van der Waals surface area contributed by atoms with Gasteiger partial charge in [-0.1, -0.05) is 36.4 Å². The van der Waals surface area contributed by atoms with Gasteiger partial charge in [0.05, 0.1) is 14.2 Å². The van der Waals surface area contributed by atoms with E-state index in [4.69, 9.17) is 24.2 Å². The van der Waals surface area contributed by atoms with Crippen LogP contribution in [0.3, 0.4) is 0 Å². The Hall–Kier alpha value is -4.78. The average molecular weight is 480 g/mol. The van der Waals surface area contributed by atoms with Gasteiger partial charge in [-0.15, -0.1) is 0 Å². The van der Waals surface area contributed by atoms with Crippen LogP contribution in [0.4, 0.5) is 5.82 Å². The van der Waals surface area contributed by atoms with Gasteiger partial charge in [0, 0.05) is 18.0 Å². The molecule has 0 unspecified atom stereocenters. The summed E-state index contributed by atoms with van der Waals surface area (Å²) < 4.78 is 18.7. The van der Waals surface area contributed by atoms with Gasteiger partial charge in [-0.25, -0.2) is 9.98 Å². The molecule has 0 aliphatic rings. The number of aliphatic imine (C=N–C) groups is 1. The maximum Gasteiger partial charge on any atom is 0.165 e. The number of aromatic nitrogens is 2. The first-order valence-electron chi connectivity index (χ1n) is 11.4. The van der Waals surface area contributed by atoms with Crippen LogP contribution < -0.4 is 14.2 Å². The molecule has 0 aliphatic carbocycles. The van der Waals surface area contributed by atoms with Crippen LogP contribution in [-0.4, -0.2) is 34.9 Å². The van der Waals surface area contributed by atoms with Crippen molar-refractivity contribution < 1.29 is 19.3 Å². The highest BCUT2D eigenvalue weighted by Crippen LogP contribution is 2.36. The molecule has 2 heterocycles. The van der Waals surface area contributed by atoms with E-state index in [0.717, 1.165) is 22.3 Å². The third kappa shape index (κ3) is 4.72. The quantitative estimate of drug-likeness (QED) is 0.274. The van der Waals surface area contributed by atoms with Crippen LogP contribution >= 0.6 is 0 Å². The summed E-state index contributed by atoms with van der Waals surface area (Å²) in [5.74, 6) is 2.37. The van der Waals surface area contributed by atoms with Gasteiger partial charge in [0.25, 0.3) is 0 Å². The number of hydrogen-bond donors (Lipinski definition) is 1. The van der Waals surface area contributed by atoms with Crippen molar-refractivity contribution in [2.45, 2.75) is 6.61 Å². The zero-order valence-electron chi connectivity index (χ0n) is 20.0. The van der Waals surface area contributed by atoms with Crippen molar-refractivity contribution in [3.63, 3.8) is 0 Å². The molecule has 7 nitrogen and oxygen atoms in total. The SMILES string of the molecule is COc1cc(-c2nc3ccccn3c2N=Cc2ccc(OCc3ccccc3)c(OC)c2)ccc1O. The van der Waals surface area contributed by atoms with Gasteiger partial charge in [-0.05, 0) is 59.7 Å². The molecule has 2 aromatic heterocycles. The number of fused-ring (bicyclic) bond motifs is 1. The Morgan fingerprint density at radius 2 is 1.67 bits per heavy atom. The van der Waals surface area contributed by atoms with Gasteiger partial charge in [0.2, 0.25) is 0 Å². The van der Waals surface area contributed by atoms with E-state index >= 15 is 0 Å². The minimum Gasteiger partial charge on any atom is -0.504 e. The van der Waals surface area contributed by atoms with Crippen LogP contribution in [0.25, 0.3) is 16.9 Å². The molecule has 0 atom stereocenters. The van der Waals surface area contributed by atoms with Crippen LogP contribution in [0, 0.1) is 0 Å². The zero-order valence-corrected chi connectivity index (χ0v) is 20.0. The number of nitrogens with zero attached hydrogens (tertiary/aromatic N) is 3.